The molecule has 1 heterocycles. The van der Waals surface area contributed by atoms with Crippen LogP contribution >= 0.6 is 0 Å². The number of hydrogen-bond donors (Lipinski definition) is 3. The molecule has 0 bridgehead atoms. The molecular weight excluding hydrogens is 252 g/mol. The normalized spacial score (nSPS) is 14.5. The third-order valence-corrected chi connectivity index (χ3v) is 3.71. The number of aromatic nitrogens is 2. The number of benzene rings is 1. The molecule has 0 fully saturated rings. The first-order valence-corrected chi connectivity index (χ1v) is 6.93. The van der Waals surface area contributed by atoms with Gasteiger partial charge in [0.1, 0.15) is 0 Å². The van der Waals surface area contributed by atoms with Gasteiger partial charge in [0.2, 0.25) is 0 Å². The maximum Gasteiger partial charge on any atom is 0.258 e. The number of nitrogens with two attached hydrogens (primary N) is 1. The van der Waals surface area contributed by atoms with Crippen molar-refractivity contribution < 1.29 is 0 Å². The van der Waals surface area contributed by atoms with Crippen LogP contribution in [0.25, 0.3) is 10.9 Å². The molecule has 20 heavy (non-hydrogen) atoms. The third-order valence-electron chi connectivity index (χ3n) is 3.71. The number of rotatable bonds is 4. The van der Waals surface area contributed by atoms with Gasteiger partial charge in [0.15, 0.2) is 0 Å². The molecule has 104 valence electrons. The number of nitrogen functional groups attached to an aromatic ring is 1. The predicted octanol–water partition coefficient (Wildman–Crippen LogP) is 2.42. The van der Waals surface area contributed by atoms with Crippen molar-refractivity contribution >= 4 is 22.3 Å². The highest BCUT2D eigenvalue weighted by atomic mass is 16.1. The first kappa shape index (κ1) is 12.7. The van der Waals surface area contributed by atoms with Gasteiger partial charge in [-0.05, 0) is 37.8 Å². The quantitative estimate of drug-likeness (QED) is 0.588. The SMILES string of the molecule is Nc1cc2c(=O)[nH]cnc2cc1NCCC1=CCCC1. The molecule has 0 spiro atoms. The summed E-state index contributed by atoms with van der Waals surface area (Å²) in [6.07, 6.45) is 8.48. The Hall–Kier alpha value is -2.30. The summed E-state index contributed by atoms with van der Waals surface area (Å²) < 4.78 is 0. The topological polar surface area (TPSA) is 83.8 Å². The van der Waals surface area contributed by atoms with E-state index in [4.69, 9.17) is 5.73 Å². The van der Waals surface area contributed by atoms with Crippen LogP contribution in [0.1, 0.15) is 25.7 Å². The minimum Gasteiger partial charge on any atom is -0.397 e. The number of anilines is 2. The Bertz CT molecular complexity index is 717. The van der Waals surface area contributed by atoms with E-state index in [2.05, 4.69) is 21.4 Å². The average Bonchev–Trinajstić information content (AvgIpc) is 2.94. The van der Waals surface area contributed by atoms with Gasteiger partial charge in [0, 0.05) is 6.54 Å². The number of nitrogens with zero attached hydrogens (tertiary/aromatic N) is 1. The van der Waals surface area contributed by atoms with Gasteiger partial charge in [-0.1, -0.05) is 11.6 Å². The first-order chi connectivity index (χ1) is 9.74. The Balaban J connectivity index is 1.77. The molecule has 5 heteroatoms. The first-order valence-electron chi connectivity index (χ1n) is 6.93. The minimum atomic E-state index is -0.163. The predicted molar refractivity (Wildman–Crippen MR) is 81.8 cm³/mol. The lowest BCUT2D eigenvalue weighted by Gasteiger charge is -2.10. The number of hydrogen-bond acceptors (Lipinski definition) is 4. The lowest BCUT2D eigenvalue weighted by molar-refractivity contribution is 0.863. The summed E-state index contributed by atoms with van der Waals surface area (Å²) in [5, 5.41) is 3.86. The summed E-state index contributed by atoms with van der Waals surface area (Å²) in [6, 6.07) is 3.52. The van der Waals surface area contributed by atoms with Crippen molar-refractivity contribution in [1.29, 1.82) is 0 Å². The molecule has 0 amide bonds. The highest BCUT2D eigenvalue weighted by Crippen LogP contribution is 2.24. The van der Waals surface area contributed by atoms with Gasteiger partial charge in [0.25, 0.3) is 5.56 Å². The number of H-pyrrole nitrogens is 1. The summed E-state index contributed by atoms with van der Waals surface area (Å²) in [7, 11) is 0. The van der Waals surface area contributed by atoms with E-state index in [9.17, 15) is 4.79 Å². The lowest BCUT2D eigenvalue weighted by Crippen LogP contribution is -2.09. The lowest BCUT2D eigenvalue weighted by atomic mass is 10.1. The second kappa shape index (κ2) is 5.36. The van der Waals surface area contributed by atoms with Crippen molar-refractivity contribution in [3.8, 4) is 0 Å². The van der Waals surface area contributed by atoms with Gasteiger partial charge in [-0.3, -0.25) is 4.79 Å². The van der Waals surface area contributed by atoms with Crippen molar-refractivity contribution in [2.24, 2.45) is 0 Å². The van der Waals surface area contributed by atoms with Crippen LogP contribution < -0.4 is 16.6 Å². The average molecular weight is 270 g/mol. The van der Waals surface area contributed by atoms with E-state index in [-0.39, 0.29) is 5.56 Å². The van der Waals surface area contributed by atoms with Gasteiger partial charge in [0.05, 0.1) is 28.6 Å². The van der Waals surface area contributed by atoms with Crippen LogP contribution in [0, 0.1) is 0 Å². The Labute approximate surface area is 116 Å². The summed E-state index contributed by atoms with van der Waals surface area (Å²) in [5.74, 6) is 0. The molecule has 0 saturated heterocycles. The molecule has 1 aromatic heterocycles. The molecule has 0 aliphatic heterocycles. The van der Waals surface area contributed by atoms with Crippen molar-refractivity contribution in [2.75, 3.05) is 17.6 Å². The second-order valence-electron chi connectivity index (χ2n) is 5.12. The van der Waals surface area contributed by atoms with Crippen LogP contribution in [0.2, 0.25) is 0 Å². The van der Waals surface area contributed by atoms with Crippen LogP contribution in [0.3, 0.4) is 0 Å². The zero-order chi connectivity index (χ0) is 13.9. The van der Waals surface area contributed by atoms with E-state index in [1.54, 1.807) is 6.07 Å². The van der Waals surface area contributed by atoms with E-state index < -0.39 is 0 Å². The van der Waals surface area contributed by atoms with Crippen LogP contribution in [0.5, 0.6) is 0 Å². The Morgan fingerprint density at radius 1 is 1.40 bits per heavy atom. The molecule has 2 aromatic rings. The zero-order valence-corrected chi connectivity index (χ0v) is 11.3. The van der Waals surface area contributed by atoms with E-state index in [1.807, 2.05) is 6.07 Å². The smallest absolute Gasteiger partial charge is 0.258 e. The molecule has 1 aliphatic rings. The maximum absolute atomic E-state index is 11.7. The molecule has 0 unspecified atom stereocenters. The summed E-state index contributed by atoms with van der Waals surface area (Å²) in [4.78, 5) is 18.4. The van der Waals surface area contributed by atoms with Gasteiger partial charge in [-0.2, -0.15) is 0 Å². The van der Waals surface area contributed by atoms with Crippen LogP contribution in [-0.4, -0.2) is 16.5 Å². The van der Waals surface area contributed by atoms with Crippen LogP contribution in [0.15, 0.2) is 34.9 Å². The van der Waals surface area contributed by atoms with Gasteiger partial charge in [-0.25, -0.2) is 4.98 Å². The highest BCUT2D eigenvalue weighted by Gasteiger charge is 2.07. The van der Waals surface area contributed by atoms with Crippen molar-refractivity contribution in [3.05, 3.63) is 40.5 Å². The largest absolute Gasteiger partial charge is 0.397 e. The van der Waals surface area contributed by atoms with Crippen molar-refractivity contribution in [3.63, 3.8) is 0 Å². The van der Waals surface area contributed by atoms with Crippen LogP contribution in [0.4, 0.5) is 11.4 Å². The zero-order valence-electron chi connectivity index (χ0n) is 11.3. The van der Waals surface area contributed by atoms with Gasteiger partial charge < -0.3 is 16.0 Å². The molecule has 1 aliphatic carbocycles. The molecule has 3 rings (SSSR count). The molecule has 0 radical (unpaired) electrons. The minimum absolute atomic E-state index is 0.163. The molecule has 1 aromatic carbocycles. The summed E-state index contributed by atoms with van der Waals surface area (Å²) in [6.45, 7) is 0.852. The van der Waals surface area contributed by atoms with E-state index in [0.717, 1.165) is 18.7 Å². The maximum atomic E-state index is 11.7. The van der Waals surface area contributed by atoms with E-state index in [1.165, 1.54) is 31.2 Å². The summed E-state index contributed by atoms with van der Waals surface area (Å²) in [5.41, 5.74) is 9.43. The highest BCUT2D eigenvalue weighted by molar-refractivity contribution is 5.88. The Morgan fingerprint density at radius 2 is 2.30 bits per heavy atom. The second-order valence-corrected chi connectivity index (χ2v) is 5.12. The van der Waals surface area contributed by atoms with Crippen molar-refractivity contribution in [2.45, 2.75) is 25.7 Å². The number of aromatic amines is 1. The number of nitrogens with one attached hydrogen (secondary N) is 2. The van der Waals surface area contributed by atoms with Gasteiger partial charge >= 0.3 is 0 Å². The fourth-order valence-corrected chi connectivity index (χ4v) is 2.61. The molecule has 4 N–H and O–H groups in total. The number of allylic oxidation sites excluding steroid dienone is 1. The third kappa shape index (κ3) is 2.52. The molecular formula is C15H18N4O. The number of fused-ring (bicyclic) bond motifs is 1. The fraction of sp³-hybridized carbons (Fsp3) is 0.333. The Morgan fingerprint density at radius 3 is 3.10 bits per heavy atom. The van der Waals surface area contributed by atoms with E-state index in [0.29, 0.717) is 16.6 Å². The molecule has 5 nitrogen and oxygen atoms in total. The fourth-order valence-electron chi connectivity index (χ4n) is 2.61. The Kier molecular flexibility index (Phi) is 3.41. The molecule has 0 saturated carbocycles. The monoisotopic (exact) mass is 270 g/mol. The van der Waals surface area contributed by atoms with Crippen molar-refractivity contribution in [1.82, 2.24) is 9.97 Å². The van der Waals surface area contributed by atoms with Gasteiger partial charge in [-0.15, -0.1) is 0 Å². The van der Waals surface area contributed by atoms with E-state index >= 15 is 0 Å². The summed E-state index contributed by atoms with van der Waals surface area (Å²) >= 11 is 0. The van der Waals surface area contributed by atoms with Crippen LogP contribution in [-0.2, 0) is 0 Å². The standard InChI is InChI=1S/C15H18N4O/c16-12-7-11-13(18-9-19-15(11)20)8-14(12)17-6-5-10-3-1-2-4-10/h3,7-9,17H,1-2,4-6,16H2,(H,18,19,20). The molecule has 0 atom stereocenters.